The summed E-state index contributed by atoms with van der Waals surface area (Å²) < 4.78 is 0.950. The Balaban J connectivity index is 1.60. The fraction of sp³-hybridized carbons (Fsp3) is 0.733. The van der Waals surface area contributed by atoms with E-state index in [0.717, 1.165) is 4.34 Å². The molecule has 0 saturated carbocycles. The van der Waals surface area contributed by atoms with Crippen LogP contribution in [-0.4, -0.2) is 30.6 Å². The van der Waals surface area contributed by atoms with E-state index in [1.165, 1.54) is 62.2 Å². The molecule has 3 rings (SSSR count). The number of thiophene rings is 1. The van der Waals surface area contributed by atoms with Crippen molar-refractivity contribution in [2.75, 3.05) is 19.6 Å². The Hall–Kier alpha value is -0.0900. The molecule has 106 valence electrons. The van der Waals surface area contributed by atoms with Crippen LogP contribution in [0.2, 0.25) is 4.34 Å². The lowest BCUT2D eigenvalue weighted by Crippen LogP contribution is -2.40. The van der Waals surface area contributed by atoms with Crippen LogP contribution in [0.3, 0.4) is 0 Å². The lowest BCUT2D eigenvalue weighted by Gasteiger charge is -2.29. The van der Waals surface area contributed by atoms with E-state index in [9.17, 15) is 0 Å². The van der Waals surface area contributed by atoms with Crippen LogP contribution in [0.15, 0.2) is 6.07 Å². The van der Waals surface area contributed by atoms with Crippen LogP contribution < -0.4 is 5.32 Å². The zero-order chi connectivity index (χ0) is 13.2. The van der Waals surface area contributed by atoms with Gasteiger partial charge in [0.1, 0.15) is 0 Å². The topological polar surface area (TPSA) is 15.3 Å². The van der Waals surface area contributed by atoms with Crippen molar-refractivity contribution in [1.82, 2.24) is 10.2 Å². The molecule has 2 nitrogen and oxygen atoms in total. The molecule has 0 bridgehead atoms. The minimum Gasteiger partial charge on any atom is -0.306 e. The highest BCUT2D eigenvalue weighted by atomic mass is 35.5. The molecule has 1 saturated heterocycles. The summed E-state index contributed by atoms with van der Waals surface area (Å²) in [7, 11) is 0. The summed E-state index contributed by atoms with van der Waals surface area (Å²) >= 11 is 7.94. The second kappa shape index (κ2) is 6.13. The van der Waals surface area contributed by atoms with Crippen molar-refractivity contribution in [1.29, 1.82) is 0 Å². The molecule has 4 heteroatoms. The predicted molar refractivity (Wildman–Crippen MR) is 83.3 cm³/mol. The first-order chi connectivity index (χ1) is 9.22. The average molecular weight is 299 g/mol. The molecule has 1 aliphatic heterocycles. The molecule has 0 spiro atoms. The van der Waals surface area contributed by atoms with Crippen LogP contribution in [0.4, 0.5) is 0 Å². The van der Waals surface area contributed by atoms with Crippen LogP contribution in [-0.2, 0) is 6.42 Å². The van der Waals surface area contributed by atoms with Gasteiger partial charge in [-0.1, -0.05) is 11.6 Å². The molecule has 0 radical (unpaired) electrons. The highest BCUT2D eigenvalue weighted by Gasteiger charge is 2.24. The molecule has 19 heavy (non-hydrogen) atoms. The third-order valence-corrected chi connectivity index (χ3v) is 5.64. The van der Waals surface area contributed by atoms with Gasteiger partial charge in [0, 0.05) is 23.5 Å². The van der Waals surface area contributed by atoms with Crippen LogP contribution >= 0.6 is 22.9 Å². The zero-order valence-corrected chi connectivity index (χ0v) is 13.2. The molecular weight excluding hydrogens is 276 g/mol. The standard InChI is InChI=1S/C15H23ClN2S/c1-11(10-18-7-2-3-8-18)17-13-5-4-6-14-12(13)9-15(16)19-14/h9,11,13,17H,2-8,10H2,1H3. The zero-order valence-electron chi connectivity index (χ0n) is 11.6. The van der Waals surface area contributed by atoms with Crippen molar-refractivity contribution in [3.63, 3.8) is 0 Å². The molecule has 1 N–H and O–H groups in total. The lowest BCUT2D eigenvalue weighted by molar-refractivity contribution is 0.280. The van der Waals surface area contributed by atoms with E-state index in [1.807, 2.05) is 0 Å². The normalized spacial score (nSPS) is 25.5. The fourth-order valence-electron chi connectivity index (χ4n) is 3.44. The van der Waals surface area contributed by atoms with Crippen molar-refractivity contribution < 1.29 is 0 Å². The molecule has 1 aliphatic carbocycles. The first-order valence-corrected chi connectivity index (χ1v) is 8.68. The van der Waals surface area contributed by atoms with Gasteiger partial charge in [0.2, 0.25) is 0 Å². The Morgan fingerprint density at radius 3 is 3.00 bits per heavy atom. The van der Waals surface area contributed by atoms with E-state index in [0.29, 0.717) is 12.1 Å². The Kier molecular flexibility index (Phi) is 4.47. The minimum atomic E-state index is 0.519. The van der Waals surface area contributed by atoms with E-state index in [4.69, 9.17) is 11.6 Å². The number of rotatable bonds is 4. The van der Waals surface area contributed by atoms with Gasteiger partial charge in [-0.15, -0.1) is 11.3 Å². The van der Waals surface area contributed by atoms with Crippen LogP contribution in [0.1, 0.15) is 49.1 Å². The maximum Gasteiger partial charge on any atom is 0.0934 e. The maximum atomic E-state index is 6.17. The molecule has 2 aliphatic rings. The summed E-state index contributed by atoms with van der Waals surface area (Å²) in [5.41, 5.74) is 1.47. The number of hydrogen-bond donors (Lipinski definition) is 1. The van der Waals surface area contributed by atoms with Gasteiger partial charge in [0.25, 0.3) is 0 Å². The van der Waals surface area contributed by atoms with Gasteiger partial charge in [0.15, 0.2) is 0 Å². The SMILES string of the molecule is CC(CN1CCCC1)NC1CCCc2sc(Cl)cc21. The van der Waals surface area contributed by atoms with Crippen LogP contribution in [0.25, 0.3) is 0 Å². The molecule has 2 unspecified atom stereocenters. The van der Waals surface area contributed by atoms with E-state index in [-0.39, 0.29) is 0 Å². The van der Waals surface area contributed by atoms with E-state index in [2.05, 4.69) is 23.2 Å². The highest BCUT2D eigenvalue weighted by molar-refractivity contribution is 7.16. The summed E-state index contributed by atoms with van der Waals surface area (Å²) in [6.45, 7) is 6.07. The molecule has 2 atom stereocenters. The Morgan fingerprint density at radius 2 is 2.21 bits per heavy atom. The molecule has 0 amide bonds. The molecule has 1 fully saturated rings. The van der Waals surface area contributed by atoms with Gasteiger partial charge in [-0.2, -0.15) is 0 Å². The largest absolute Gasteiger partial charge is 0.306 e. The fourth-order valence-corrected chi connectivity index (χ4v) is 4.83. The van der Waals surface area contributed by atoms with E-state index < -0.39 is 0 Å². The highest BCUT2D eigenvalue weighted by Crippen LogP contribution is 2.37. The van der Waals surface area contributed by atoms with Crippen molar-refractivity contribution in [2.45, 2.75) is 51.1 Å². The Bertz CT molecular complexity index is 426. The maximum absolute atomic E-state index is 6.17. The number of nitrogens with one attached hydrogen (secondary N) is 1. The quantitative estimate of drug-likeness (QED) is 0.908. The molecule has 0 aromatic carbocycles. The van der Waals surface area contributed by atoms with Crippen LogP contribution in [0.5, 0.6) is 0 Å². The Morgan fingerprint density at radius 1 is 1.42 bits per heavy atom. The van der Waals surface area contributed by atoms with E-state index >= 15 is 0 Å². The third kappa shape index (κ3) is 3.33. The third-order valence-electron chi connectivity index (χ3n) is 4.30. The minimum absolute atomic E-state index is 0.519. The van der Waals surface area contributed by atoms with Crippen molar-refractivity contribution >= 4 is 22.9 Å². The van der Waals surface area contributed by atoms with E-state index in [1.54, 1.807) is 11.3 Å². The monoisotopic (exact) mass is 298 g/mol. The second-order valence-electron chi connectivity index (χ2n) is 5.95. The molecule has 1 aromatic rings. The predicted octanol–water partition coefficient (Wildman–Crippen LogP) is 3.85. The summed E-state index contributed by atoms with van der Waals surface area (Å²) in [5, 5.41) is 3.82. The smallest absolute Gasteiger partial charge is 0.0934 e. The number of fused-ring (bicyclic) bond motifs is 1. The average Bonchev–Trinajstić information content (AvgIpc) is 2.97. The van der Waals surface area contributed by atoms with Gasteiger partial charge in [-0.25, -0.2) is 0 Å². The molecule has 2 heterocycles. The first-order valence-electron chi connectivity index (χ1n) is 7.49. The first kappa shape index (κ1) is 13.9. The van der Waals surface area contributed by atoms with Gasteiger partial charge in [-0.3, -0.25) is 0 Å². The van der Waals surface area contributed by atoms with Gasteiger partial charge < -0.3 is 10.2 Å². The van der Waals surface area contributed by atoms with Gasteiger partial charge in [-0.05, 0) is 63.7 Å². The summed E-state index contributed by atoms with van der Waals surface area (Å²) in [6.07, 6.45) is 6.51. The Labute approximate surface area is 125 Å². The van der Waals surface area contributed by atoms with Crippen molar-refractivity contribution in [3.05, 3.63) is 20.8 Å². The summed E-state index contributed by atoms with van der Waals surface area (Å²) in [6, 6.07) is 3.26. The lowest BCUT2D eigenvalue weighted by atomic mass is 9.93. The summed E-state index contributed by atoms with van der Waals surface area (Å²) in [5.74, 6) is 0. The second-order valence-corrected chi connectivity index (χ2v) is 7.72. The number of halogens is 1. The number of hydrogen-bond acceptors (Lipinski definition) is 3. The van der Waals surface area contributed by atoms with Crippen molar-refractivity contribution in [3.8, 4) is 0 Å². The summed E-state index contributed by atoms with van der Waals surface area (Å²) in [4.78, 5) is 4.09. The molecular formula is C15H23ClN2S. The number of likely N-dealkylation sites (tertiary alicyclic amines) is 1. The molecule has 1 aromatic heterocycles. The number of aryl methyl sites for hydroxylation is 1. The van der Waals surface area contributed by atoms with Gasteiger partial charge in [0.05, 0.1) is 4.34 Å². The van der Waals surface area contributed by atoms with Crippen LogP contribution in [0, 0.1) is 0 Å². The van der Waals surface area contributed by atoms with Gasteiger partial charge >= 0.3 is 0 Å². The number of nitrogens with zero attached hydrogens (tertiary/aromatic N) is 1. The van der Waals surface area contributed by atoms with Crippen molar-refractivity contribution in [2.24, 2.45) is 0 Å².